The van der Waals surface area contributed by atoms with Gasteiger partial charge in [0.1, 0.15) is 12.5 Å². The van der Waals surface area contributed by atoms with E-state index in [0.29, 0.717) is 12.6 Å². The summed E-state index contributed by atoms with van der Waals surface area (Å²) in [4.78, 5) is 0. The Hall–Kier alpha value is -1.02. The van der Waals surface area contributed by atoms with Gasteiger partial charge in [-0.15, -0.1) is 0 Å². The molecule has 0 spiro atoms. The van der Waals surface area contributed by atoms with Gasteiger partial charge in [0.25, 0.3) is 0 Å². The van der Waals surface area contributed by atoms with Crippen LogP contribution in [0, 0.1) is 5.92 Å². The molecule has 0 radical (unpaired) electrons. The lowest BCUT2D eigenvalue weighted by atomic mass is 10.2. The third-order valence-electron chi connectivity index (χ3n) is 1.64. The molecule has 2 nitrogen and oxygen atoms in total. The van der Waals surface area contributed by atoms with Crippen molar-refractivity contribution < 1.29 is 4.74 Å². The molecule has 0 aliphatic carbocycles. The van der Waals surface area contributed by atoms with E-state index in [1.807, 2.05) is 44.2 Å². The molecule has 1 N–H and O–H groups in total. The summed E-state index contributed by atoms with van der Waals surface area (Å²) in [5, 5.41) is 3.21. The number of benzene rings is 1. The van der Waals surface area contributed by atoms with Gasteiger partial charge in [0.15, 0.2) is 0 Å². The molecule has 0 aliphatic heterocycles. The van der Waals surface area contributed by atoms with Gasteiger partial charge >= 0.3 is 0 Å². The lowest BCUT2D eigenvalue weighted by molar-refractivity contribution is 0.276. The number of nitrogens with one attached hydrogen (secondary N) is 1. The van der Waals surface area contributed by atoms with E-state index in [2.05, 4.69) is 19.2 Å². The van der Waals surface area contributed by atoms with E-state index in [4.69, 9.17) is 4.74 Å². The van der Waals surface area contributed by atoms with E-state index in [-0.39, 0.29) is 0 Å². The molecule has 15 heavy (non-hydrogen) atoms. The summed E-state index contributed by atoms with van der Waals surface area (Å²) >= 11 is 0. The normalized spacial score (nSPS) is 9.40. The van der Waals surface area contributed by atoms with Gasteiger partial charge in [-0.25, -0.2) is 0 Å². The van der Waals surface area contributed by atoms with E-state index in [1.165, 1.54) is 0 Å². The summed E-state index contributed by atoms with van der Waals surface area (Å²) in [6.45, 7) is 9.93. The van der Waals surface area contributed by atoms with Crippen molar-refractivity contribution in [3.63, 3.8) is 0 Å². The minimum absolute atomic E-state index is 0.586. The van der Waals surface area contributed by atoms with Crippen LogP contribution in [0.15, 0.2) is 30.3 Å². The molecule has 0 amide bonds. The van der Waals surface area contributed by atoms with Crippen LogP contribution in [0.3, 0.4) is 0 Å². The van der Waals surface area contributed by atoms with Crippen LogP contribution in [0.25, 0.3) is 0 Å². The van der Waals surface area contributed by atoms with Gasteiger partial charge in [-0.1, -0.05) is 45.9 Å². The Morgan fingerprint density at radius 2 is 1.73 bits per heavy atom. The number of hydrogen-bond acceptors (Lipinski definition) is 2. The van der Waals surface area contributed by atoms with Gasteiger partial charge in [0.05, 0.1) is 0 Å². The molecule has 1 aromatic rings. The Bertz CT molecular complexity index is 221. The topological polar surface area (TPSA) is 21.3 Å². The standard InChI is InChI=1S/C11H17NO.C2H6/c1-10(2)8-12-9-13-11-6-4-3-5-7-11;1-2/h3-7,10,12H,8-9H2,1-2H3;1-2H3. The molecule has 0 saturated heterocycles. The minimum Gasteiger partial charge on any atom is -0.478 e. The molecule has 0 aromatic heterocycles. The fourth-order valence-corrected chi connectivity index (χ4v) is 0.999. The van der Waals surface area contributed by atoms with Crippen LogP contribution in [0.1, 0.15) is 27.7 Å². The van der Waals surface area contributed by atoms with Crippen molar-refractivity contribution in [2.45, 2.75) is 27.7 Å². The highest BCUT2D eigenvalue weighted by Gasteiger charge is 1.93. The largest absolute Gasteiger partial charge is 0.478 e. The average Bonchev–Trinajstić information content (AvgIpc) is 2.28. The second-order valence-electron chi connectivity index (χ2n) is 3.45. The first kappa shape index (κ1) is 14.0. The van der Waals surface area contributed by atoms with Crippen molar-refractivity contribution in [3.8, 4) is 5.75 Å². The van der Waals surface area contributed by atoms with E-state index < -0.39 is 0 Å². The maximum atomic E-state index is 5.45. The van der Waals surface area contributed by atoms with E-state index in [1.54, 1.807) is 0 Å². The van der Waals surface area contributed by atoms with Crippen LogP contribution in [-0.2, 0) is 0 Å². The fourth-order valence-electron chi connectivity index (χ4n) is 0.999. The van der Waals surface area contributed by atoms with Crippen molar-refractivity contribution in [2.24, 2.45) is 5.92 Å². The molecule has 0 aliphatic rings. The maximum absolute atomic E-state index is 5.45. The molecule has 1 aromatic carbocycles. The molecular formula is C13H23NO. The predicted molar refractivity (Wildman–Crippen MR) is 66.1 cm³/mol. The zero-order chi connectivity index (χ0) is 11.5. The van der Waals surface area contributed by atoms with Crippen molar-refractivity contribution in [1.82, 2.24) is 5.32 Å². The minimum atomic E-state index is 0.586. The smallest absolute Gasteiger partial charge is 0.139 e. The molecule has 1 rings (SSSR count). The summed E-state index contributed by atoms with van der Waals surface area (Å²) in [7, 11) is 0. The molecule has 86 valence electrons. The lowest BCUT2D eigenvalue weighted by Gasteiger charge is -2.08. The third-order valence-corrected chi connectivity index (χ3v) is 1.64. The Kier molecular flexibility index (Phi) is 8.88. The van der Waals surface area contributed by atoms with Crippen LogP contribution in [0.5, 0.6) is 5.75 Å². The first-order chi connectivity index (χ1) is 7.29. The van der Waals surface area contributed by atoms with Gasteiger partial charge in [0, 0.05) is 6.54 Å². The van der Waals surface area contributed by atoms with Gasteiger partial charge in [-0.3, -0.25) is 5.32 Å². The van der Waals surface area contributed by atoms with Crippen molar-refractivity contribution in [3.05, 3.63) is 30.3 Å². The summed E-state index contributed by atoms with van der Waals surface area (Å²) in [5.41, 5.74) is 0. The summed E-state index contributed by atoms with van der Waals surface area (Å²) in [6.07, 6.45) is 0. The summed E-state index contributed by atoms with van der Waals surface area (Å²) < 4.78 is 5.45. The monoisotopic (exact) mass is 209 g/mol. The highest BCUT2D eigenvalue weighted by atomic mass is 16.5. The van der Waals surface area contributed by atoms with Gasteiger partial charge < -0.3 is 4.74 Å². The molecule has 0 atom stereocenters. The van der Waals surface area contributed by atoms with Crippen molar-refractivity contribution in [1.29, 1.82) is 0 Å². The average molecular weight is 209 g/mol. The van der Waals surface area contributed by atoms with Crippen LogP contribution in [0.4, 0.5) is 0 Å². The molecule has 0 saturated carbocycles. The Labute approximate surface area is 93.7 Å². The second-order valence-corrected chi connectivity index (χ2v) is 3.45. The van der Waals surface area contributed by atoms with Crippen LogP contribution < -0.4 is 10.1 Å². The van der Waals surface area contributed by atoms with Crippen LogP contribution >= 0.6 is 0 Å². The quantitative estimate of drug-likeness (QED) is 0.593. The van der Waals surface area contributed by atoms with Gasteiger partial charge in [-0.05, 0) is 18.1 Å². The fraction of sp³-hybridized carbons (Fsp3) is 0.538. The van der Waals surface area contributed by atoms with Crippen LogP contribution in [-0.4, -0.2) is 13.3 Å². The first-order valence-corrected chi connectivity index (χ1v) is 5.67. The van der Waals surface area contributed by atoms with Crippen LogP contribution in [0.2, 0.25) is 0 Å². The summed E-state index contributed by atoms with van der Waals surface area (Å²) in [6, 6.07) is 9.83. The van der Waals surface area contributed by atoms with Crippen molar-refractivity contribution >= 4 is 0 Å². The van der Waals surface area contributed by atoms with E-state index in [9.17, 15) is 0 Å². The third kappa shape index (κ3) is 8.01. The zero-order valence-electron chi connectivity index (χ0n) is 10.3. The Balaban J connectivity index is 0.000000921. The lowest BCUT2D eigenvalue weighted by Crippen LogP contribution is -2.24. The maximum Gasteiger partial charge on any atom is 0.139 e. The van der Waals surface area contributed by atoms with Gasteiger partial charge in [0.2, 0.25) is 0 Å². The second kappa shape index (κ2) is 9.53. The number of ether oxygens (including phenoxy) is 1. The molecule has 0 bridgehead atoms. The molecular weight excluding hydrogens is 186 g/mol. The summed E-state index contributed by atoms with van der Waals surface area (Å²) in [5.74, 6) is 1.58. The zero-order valence-corrected chi connectivity index (χ0v) is 10.3. The highest BCUT2D eigenvalue weighted by molar-refractivity contribution is 5.20. The van der Waals surface area contributed by atoms with Gasteiger partial charge in [-0.2, -0.15) is 0 Å². The molecule has 0 heterocycles. The number of para-hydroxylation sites is 1. The molecule has 0 unspecified atom stereocenters. The predicted octanol–water partition coefficient (Wildman–Crippen LogP) is 3.29. The number of rotatable bonds is 5. The Morgan fingerprint density at radius 1 is 1.13 bits per heavy atom. The SMILES string of the molecule is CC.CC(C)CNCOc1ccccc1. The highest BCUT2D eigenvalue weighted by Crippen LogP contribution is 2.06. The first-order valence-electron chi connectivity index (χ1n) is 5.67. The van der Waals surface area contributed by atoms with E-state index >= 15 is 0 Å². The number of hydrogen-bond donors (Lipinski definition) is 1. The molecule has 0 fully saturated rings. The van der Waals surface area contributed by atoms with E-state index in [0.717, 1.165) is 12.3 Å². The Morgan fingerprint density at radius 3 is 2.27 bits per heavy atom. The molecule has 2 heteroatoms. The van der Waals surface area contributed by atoms with Crippen molar-refractivity contribution in [2.75, 3.05) is 13.3 Å².